The molecule has 0 N–H and O–H groups in total. The van der Waals surface area contributed by atoms with Crippen molar-refractivity contribution >= 4 is 16.7 Å². The number of allylic oxidation sites excluding steroid dienone is 2. The Labute approximate surface area is 124 Å². The Morgan fingerprint density at radius 1 is 1.05 bits per heavy atom. The largest absolute Gasteiger partial charge is 0.333 e. The van der Waals surface area contributed by atoms with Gasteiger partial charge in [-0.2, -0.15) is 0 Å². The molecule has 0 spiro atoms. The normalized spacial score (nSPS) is 11.3. The van der Waals surface area contributed by atoms with Crippen LogP contribution in [0.4, 0.5) is 0 Å². The Balaban J connectivity index is 2.13. The van der Waals surface area contributed by atoms with E-state index in [-0.39, 0.29) is 5.78 Å². The van der Waals surface area contributed by atoms with Gasteiger partial charge in [0, 0.05) is 17.4 Å². The van der Waals surface area contributed by atoms with Crippen molar-refractivity contribution in [2.75, 3.05) is 0 Å². The summed E-state index contributed by atoms with van der Waals surface area (Å²) in [5.74, 6) is 0.0460. The Bertz CT molecular complexity index is 797. The smallest absolute Gasteiger partial charge is 0.201 e. The zero-order valence-electron chi connectivity index (χ0n) is 12.0. The molecule has 0 saturated carbocycles. The van der Waals surface area contributed by atoms with Gasteiger partial charge in [0.15, 0.2) is 0 Å². The zero-order chi connectivity index (χ0) is 14.7. The van der Waals surface area contributed by atoms with E-state index in [0.29, 0.717) is 6.54 Å². The fourth-order valence-corrected chi connectivity index (χ4v) is 2.59. The van der Waals surface area contributed by atoms with Gasteiger partial charge in [-0.15, -0.1) is 0 Å². The molecule has 0 unspecified atom stereocenters. The molecule has 0 aliphatic heterocycles. The summed E-state index contributed by atoms with van der Waals surface area (Å²) in [7, 11) is 0. The van der Waals surface area contributed by atoms with Crippen LogP contribution in [0.15, 0.2) is 72.8 Å². The van der Waals surface area contributed by atoms with Crippen molar-refractivity contribution in [3.63, 3.8) is 0 Å². The molecule has 0 saturated heterocycles. The highest BCUT2D eigenvalue weighted by Gasteiger charge is 2.13. The van der Waals surface area contributed by atoms with Crippen LogP contribution in [0.2, 0.25) is 0 Å². The number of carbonyl (C=O) groups excluding carboxylic acids is 1. The quantitative estimate of drug-likeness (QED) is 0.509. The molecule has 1 aromatic heterocycles. The number of benzene rings is 2. The van der Waals surface area contributed by atoms with Crippen molar-refractivity contribution in [1.29, 1.82) is 0 Å². The molecular weight excluding hydrogens is 258 g/mol. The van der Waals surface area contributed by atoms with E-state index in [9.17, 15) is 4.79 Å². The summed E-state index contributed by atoms with van der Waals surface area (Å²) in [5, 5.41) is 1.10. The molecule has 2 aromatic carbocycles. The van der Waals surface area contributed by atoms with Crippen molar-refractivity contribution < 1.29 is 4.79 Å². The average molecular weight is 275 g/mol. The maximum absolute atomic E-state index is 12.3. The number of ketones is 1. The third-order valence-electron chi connectivity index (χ3n) is 3.56. The number of carbonyl (C=O) groups is 1. The molecule has 1 heterocycles. The van der Waals surface area contributed by atoms with E-state index < -0.39 is 0 Å². The third kappa shape index (κ3) is 2.65. The second-order valence-corrected chi connectivity index (χ2v) is 5.02. The SMILES string of the molecule is C/C=C/C(=O)c1cc2ccccc2n1Cc1ccccc1. The first-order valence-corrected chi connectivity index (χ1v) is 7.09. The standard InChI is InChI=1S/C19H17NO/c1-2-8-19(21)18-13-16-11-6-7-12-17(16)20(18)14-15-9-4-3-5-10-15/h2-13H,14H2,1H3/b8-2+. The van der Waals surface area contributed by atoms with Crippen LogP contribution in [0.5, 0.6) is 0 Å². The van der Waals surface area contributed by atoms with Gasteiger partial charge in [-0.25, -0.2) is 0 Å². The number of rotatable bonds is 4. The molecule has 0 radical (unpaired) electrons. The second kappa shape index (κ2) is 5.80. The molecule has 21 heavy (non-hydrogen) atoms. The number of fused-ring (bicyclic) bond motifs is 1. The first kappa shape index (κ1) is 13.4. The third-order valence-corrected chi connectivity index (χ3v) is 3.56. The Morgan fingerprint density at radius 2 is 1.76 bits per heavy atom. The molecule has 0 aliphatic carbocycles. The van der Waals surface area contributed by atoms with Gasteiger partial charge in [0.05, 0.1) is 5.69 Å². The summed E-state index contributed by atoms with van der Waals surface area (Å²) >= 11 is 0. The summed E-state index contributed by atoms with van der Waals surface area (Å²) in [6.45, 7) is 2.56. The molecular formula is C19H17NO. The fraction of sp³-hybridized carbons (Fsp3) is 0.105. The number of hydrogen-bond donors (Lipinski definition) is 0. The predicted octanol–water partition coefficient (Wildman–Crippen LogP) is 4.45. The van der Waals surface area contributed by atoms with Gasteiger partial charge in [-0.05, 0) is 30.7 Å². The maximum Gasteiger partial charge on any atom is 0.201 e. The summed E-state index contributed by atoms with van der Waals surface area (Å²) in [6, 6.07) is 20.3. The lowest BCUT2D eigenvalue weighted by molar-refractivity contribution is 0.103. The monoisotopic (exact) mass is 275 g/mol. The summed E-state index contributed by atoms with van der Waals surface area (Å²) in [6.07, 6.45) is 3.41. The Morgan fingerprint density at radius 3 is 2.52 bits per heavy atom. The molecule has 2 heteroatoms. The lowest BCUT2D eigenvalue weighted by Gasteiger charge is -2.09. The van der Waals surface area contributed by atoms with Gasteiger partial charge in [-0.3, -0.25) is 4.79 Å². The highest BCUT2D eigenvalue weighted by atomic mass is 16.1. The van der Waals surface area contributed by atoms with E-state index in [1.165, 1.54) is 5.56 Å². The Kier molecular flexibility index (Phi) is 3.69. The van der Waals surface area contributed by atoms with Gasteiger partial charge in [0.2, 0.25) is 5.78 Å². The second-order valence-electron chi connectivity index (χ2n) is 5.02. The van der Waals surface area contributed by atoms with Crippen molar-refractivity contribution in [3.05, 3.63) is 84.1 Å². The zero-order valence-corrected chi connectivity index (χ0v) is 12.0. The van der Waals surface area contributed by atoms with E-state index in [2.05, 4.69) is 22.8 Å². The van der Waals surface area contributed by atoms with Crippen LogP contribution in [-0.2, 0) is 6.54 Å². The van der Waals surface area contributed by atoms with Crippen LogP contribution < -0.4 is 0 Å². The fourth-order valence-electron chi connectivity index (χ4n) is 2.59. The minimum absolute atomic E-state index is 0.0460. The first-order valence-electron chi connectivity index (χ1n) is 7.09. The Hall–Kier alpha value is -2.61. The summed E-state index contributed by atoms with van der Waals surface area (Å²) < 4.78 is 2.09. The molecule has 0 bridgehead atoms. The van der Waals surface area contributed by atoms with Crippen LogP contribution in [0, 0.1) is 0 Å². The van der Waals surface area contributed by atoms with E-state index >= 15 is 0 Å². The number of aromatic nitrogens is 1. The van der Waals surface area contributed by atoms with Gasteiger partial charge < -0.3 is 4.57 Å². The van der Waals surface area contributed by atoms with E-state index in [4.69, 9.17) is 0 Å². The molecule has 3 rings (SSSR count). The van der Waals surface area contributed by atoms with Crippen LogP contribution in [0.3, 0.4) is 0 Å². The predicted molar refractivity (Wildman–Crippen MR) is 86.6 cm³/mol. The molecule has 0 amide bonds. The molecule has 0 atom stereocenters. The molecule has 104 valence electrons. The van der Waals surface area contributed by atoms with Gasteiger partial charge in [-0.1, -0.05) is 54.6 Å². The van der Waals surface area contributed by atoms with Crippen LogP contribution >= 0.6 is 0 Å². The highest BCUT2D eigenvalue weighted by molar-refractivity contribution is 6.06. The van der Waals surface area contributed by atoms with Gasteiger partial charge in [0.25, 0.3) is 0 Å². The highest BCUT2D eigenvalue weighted by Crippen LogP contribution is 2.22. The molecule has 3 aromatic rings. The van der Waals surface area contributed by atoms with Gasteiger partial charge in [0.1, 0.15) is 0 Å². The topological polar surface area (TPSA) is 22.0 Å². The van der Waals surface area contributed by atoms with Crippen molar-refractivity contribution in [1.82, 2.24) is 4.57 Å². The lowest BCUT2D eigenvalue weighted by Crippen LogP contribution is -2.08. The van der Waals surface area contributed by atoms with Crippen molar-refractivity contribution in [2.24, 2.45) is 0 Å². The molecule has 2 nitrogen and oxygen atoms in total. The van der Waals surface area contributed by atoms with E-state index in [1.807, 2.05) is 49.4 Å². The van der Waals surface area contributed by atoms with E-state index in [1.54, 1.807) is 12.2 Å². The molecule has 0 aliphatic rings. The minimum atomic E-state index is 0.0460. The lowest BCUT2D eigenvalue weighted by atomic mass is 10.2. The number of hydrogen-bond acceptors (Lipinski definition) is 1. The summed E-state index contributed by atoms with van der Waals surface area (Å²) in [4.78, 5) is 12.3. The van der Waals surface area contributed by atoms with Crippen LogP contribution in [0.25, 0.3) is 10.9 Å². The summed E-state index contributed by atoms with van der Waals surface area (Å²) in [5.41, 5.74) is 3.01. The van der Waals surface area contributed by atoms with E-state index in [0.717, 1.165) is 16.6 Å². The maximum atomic E-state index is 12.3. The van der Waals surface area contributed by atoms with Crippen LogP contribution in [-0.4, -0.2) is 10.4 Å². The minimum Gasteiger partial charge on any atom is -0.333 e. The van der Waals surface area contributed by atoms with Gasteiger partial charge >= 0.3 is 0 Å². The number of nitrogens with zero attached hydrogens (tertiary/aromatic N) is 1. The number of para-hydroxylation sites is 1. The molecule has 0 fully saturated rings. The van der Waals surface area contributed by atoms with Crippen LogP contribution in [0.1, 0.15) is 23.0 Å². The van der Waals surface area contributed by atoms with Crippen molar-refractivity contribution in [2.45, 2.75) is 13.5 Å². The average Bonchev–Trinajstić information content (AvgIpc) is 2.88. The first-order chi connectivity index (χ1) is 10.3. The van der Waals surface area contributed by atoms with Crippen molar-refractivity contribution in [3.8, 4) is 0 Å².